The van der Waals surface area contributed by atoms with E-state index in [4.69, 9.17) is 4.74 Å². The first kappa shape index (κ1) is 13.8. The maximum Gasteiger partial charge on any atom is 0.317 e. The molecule has 1 aromatic rings. The van der Waals surface area contributed by atoms with Crippen molar-refractivity contribution in [2.45, 2.75) is 25.4 Å². The van der Waals surface area contributed by atoms with E-state index < -0.39 is 0 Å². The molecule has 1 unspecified atom stereocenters. The number of pyridine rings is 1. The second-order valence-corrected chi connectivity index (χ2v) is 4.79. The molecule has 0 spiro atoms. The van der Waals surface area contributed by atoms with Crippen molar-refractivity contribution in [2.75, 3.05) is 26.7 Å². The van der Waals surface area contributed by atoms with Gasteiger partial charge in [-0.2, -0.15) is 0 Å². The van der Waals surface area contributed by atoms with Crippen LogP contribution in [0.15, 0.2) is 24.5 Å². The molecule has 2 amide bonds. The van der Waals surface area contributed by atoms with E-state index in [9.17, 15) is 4.79 Å². The second-order valence-electron chi connectivity index (χ2n) is 4.79. The normalized spacial score (nSPS) is 19.2. The lowest BCUT2D eigenvalue weighted by Gasteiger charge is -2.31. The molecule has 19 heavy (non-hydrogen) atoms. The van der Waals surface area contributed by atoms with Gasteiger partial charge in [0, 0.05) is 39.1 Å². The maximum absolute atomic E-state index is 12.0. The van der Waals surface area contributed by atoms with Gasteiger partial charge in [-0.05, 0) is 30.9 Å². The first-order valence-electron chi connectivity index (χ1n) is 6.74. The van der Waals surface area contributed by atoms with Crippen LogP contribution in [0.3, 0.4) is 0 Å². The molecule has 5 nitrogen and oxygen atoms in total. The minimum absolute atomic E-state index is 0.00522. The third-order valence-electron chi connectivity index (χ3n) is 3.41. The fraction of sp³-hybridized carbons (Fsp3) is 0.571. The van der Waals surface area contributed by atoms with Crippen LogP contribution >= 0.6 is 0 Å². The van der Waals surface area contributed by atoms with E-state index in [1.165, 1.54) is 0 Å². The van der Waals surface area contributed by atoms with Crippen LogP contribution < -0.4 is 5.32 Å². The molecule has 0 radical (unpaired) electrons. The Bertz CT molecular complexity index is 397. The minimum atomic E-state index is 0.00522. The van der Waals surface area contributed by atoms with Gasteiger partial charge in [-0.1, -0.05) is 6.07 Å². The van der Waals surface area contributed by atoms with Crippen LogP contribution in [0, 0.1) is 0 Å². The van der Waals surface area contributed by atoms with Crippen molar-refractivity contribution < 1.29 is 9.53 Å². The molecule has 5 heteroatoms. The number of ether oxygens (including phenoxy) is 1. The van der Waals surface area contributed by atoms with Crippen molar-refractivity contribution in [3.05, 3.63) is 30.1 Å². The molecular formula is C14H21N3O2. The Kier molecular flexibility index (Phi) is 5.15. The van der Waals surface area contributed by atoms with Gasteiger partial charge in [-0.3, -0.25) is 4.98 Å². The molecule has 1 fully saturated rings. The Morgan fingerprint density at radius 1 is 1.63 bits per heavy atom. The number of nitrogens with zero attached hydrogens (tertiary/aromatic N) is 2. The molecule has 0 bridgehead atoms. The van der Waals surface area contributed by atoms with Gasteiger partial charge in [0.1, 0.15) is 0 Å². The largest absolute Gasteiger partial charge is 0.380 e. The van der Waals surface area contributed by atoms with Gasteiger partial charge in [0.15, 0.2) is 0 Å². The van der Waals surface area contributed by atoms with E-state index in [0.29, 0.717) is 13.1 Å². The van der Waals surface area contributed by atoms with Gasteiger partial charge in [0.2, 0.25) is 0 Å². The average molecular weight is 263 g/mol. The van der Waals surface area contributed by atoms with E-state index in [-0.39, 0.29) is 12.1 Å². The fourth-order valence-corrected chi connectivity index (χ4v) is 2.29. The molecular weight excluding hydrogens is 242 g/mol. The molecule has 2 rings (SSSR count). The molecule has 0 saturated carbocycles. The summed E-state index contributed by atoms with van der Waals surface area (Å²) >= 11 is 0. The number of rotatable bonds is 4. The average Bonchev–Trinajstić information content (AvgIpc) is 2.48. The zero-order valence-electron chi connectivity index (χ0n) is 11.3. The van der Waals surface area contributed by atoms with Gasteiger partial charge in [-0.25, -0.2) is 4.79 Å². The van der Waals surface area contributed by atoms with E-state index in [0.717, 1.165) is 31.4 Å². The van der Waals surface area contributed by atoms with Crippen LogP contribution in [0.5, 0.6) is 0 Å². The van der Waals surface area contributed by atoms with Crippen LogP contribution in [0.4, 0.5) is 4.79 Å². The first-order chi connectivity index (χ1) is 9.29. The number of hydrogen-bond acceptors (Lipinski definition) is 3. The number of nitrogens with one attached hydrogen (secondary N) is 1. The Labute approximate surface area is 114 Å². The highest BCUT2D eigenvalue weighted by Crippen LogP contribution is 2.12. The Morgan fingerprint density at radius 2 is 2.53 bits per heavy atom. The second kappa shape index (κ2) is 7.09. The van der Waals surface area contributed by atoms with Gasteiger partial charge in [0.25, 0.3) is 0 Å². The highest BCUT2D eigenvalue weighted by atomic mass is 16.5. The summed E-state index contributed by atoms with van der Waals surface area (Å²) in [6.07, 6.45) is 6.61. The molecule has 104 valence electrons. The molecule has 1 N–H and O–H groups in total. The number of aromatic nitrogens is 1. The standard InChI is InChI=1S/C14H21N3O2/c1-19-13-5-3-9-17(11-13)14(18)16-8-6-12-4-2-7-15-10-12/h2,4,7,10,13H,3,5-6,8-9,11H2,1H3,(H,16,18). The van der Waals surface area contributed by atoms with Gasteiger partial charge in [-0.15, -0.1) is 0 Å². The van der Waals surface area contributed by atoms with E-state index in [1.54, 1.807) is 13.3 Å². The quantitative estimate of drug-likeness (QED) is 0.894. The zero-order valence-corrected chi connectivity index (χ0v) is 11.3. The topological polar surface area (TPSA) is 54.5 Å². The molecule has 1 aromatic heterocycles. The monoisotopic (exact) mass is 263 g/mol. The summed E-state index contributed by atoms with van der Waals surface area (Å²) in [6, 6.07) is 3.93. The van der Waals surface area contributed by atoms with Crippen LogP contribution in [0.2, 0.25) is 0 Å². The minimum Gasteiger partial charge on any atom is -0.380 e. The van der Waals surface area contributed by atoms with Gasteiger partial charge in [0.05, 0.1) is 6.10 Å². The number of carbonyl (C=O) groups excluding carboxylic acids is 1. The molecule has 1 aliphatic rings. The number of hydrogen-bond donors (Lipinski definition) is 1. The molecule has 1 aliphatic heterocycles. The smallest absolute Gasteiger partial charge is 0.317 e. The van der Waals surface area contributed by atoms with Crippen LogP contribution in [0.1, 0.15) is 18.4 Å². The van der Waals surface area contributed by atoms with Gasteiger partial charge < -0.3 is 15.0 Å². The highest BCUT2D eigenvalue weighted by molar-refractivity contribution is 5.74. The number of methoxy groups -OCH3 is 1. The third-order valence-corrected chi connectivity index (χ3v) is 3.41. The first-order valence-corrected chi connectivity index (χ1v) is 6.74. The van der Waals surface area contributed by atoms with Crippen molar-refractivity contribution in [1.29, 1.82) is 0 Å². The van der Waals surface area contributed by atoms with Gasteiger partial charge >= 0.3 is 6.03 Å². The fourth-order valence-electron chi connectivity index (χ4n) is 2.29. The SMILES string of the molecule is COC1CCCN(C(=O)NCCc2cccnc2)C1. The Hall–Kier alpha value is -1.62. The van der Waals surface area contributed by atoms with Crippen LogP contribution in [0.25, 0.3) is 0 Å². The van der Waals surface area contributed by atoms with Crippen molar-refractivity contribution >= 4 is 6.03 Å². The summed E-state index contributed by atoms with van der Waals surface area (Å²) < 4.78 is 5.32. The third kappa shape index (κ3) is 4.21. The summed E-state index contributed by atoms with van der Waals surface area (Å²) in [5, 5.41) is 2.95. The predicted octanol–water partition coefficient (Wildman–Crippen LogP) is 1.44. The van der Waals surface area contributed by atoms with E-state index >= 15 is 0 Å². The Balaban J connectivity index is 1.72. The number of piperidine rings is 1. The lowest BCUT2D eigenvalue weighted by Crippen LogP contribution is -2.47. The molecule has 1 atom stereocenters. The number of urea groups is 1. The lowest BCUT2D eigenvalue weighted by molar-refractivity contribution is 0.0435. The summed E-state index contributed by atoms with van der Waals surface area (Å²) in [6.45, 7) is 2.15. The number of likely N-dealkylation sites (tertiary alicyclic amines) is 1. The van der Waals surface area contributed by atoms with Crippen molar-refractivity contribution in [3.8, 4) is 0 Å². The van der Waals surface area contributed by atoms with E-state index in [2.05, 4.69) is 10.3 Å². The predicted molar refractivity (Wildman–Crippen MR) is 72.9 cm³/mol. The maximum atomic E-state index is 12.0. The number of amides is 2. The van der Waals surface area contributed by atoms with Crippen LogP contribution in [-0.2, 0) is 11.2 Å². The van der Waals surface area contributed by atoms with Crippen LogP contribution in [-0.4, -0.2) is 48.8 Å². The lowest BCUT2D eigenvalue weighted by atomic mass is 10.1. The molecule has 0 aliphatic carbocycles. The van der Waals surface area contributed by atoms with Crippen molar-refractivity contribution in [3.63, 3.8) is 0 Å². The Morgan fingerprint density at radius 3 is 3.26 bits per heavy atom. The van der Waals surface area contributed by atoms with E-state index in [1.807, 2.05) is 23.2 Å². The summed E-state index contributed by atoms with van der Waals surface area (Å²) in [4.78, 5) is 17.9. The van der Waals surface area contributed by atoms with Crippen molar-refractivity contribution in [1.82, 2.24) is 15.2 Å². The number of carbonyl (C=O) groups is 1. The molecule has 0 aromatic carbocycles. The zero-order chi connectivity index (χ0) is 13.5. The summed E-state index contributed by atoms with van der Waals surface area (Å²) in [7, 11) is 1.70. The highest BCUT2D eigenvalue weighted by Gasteiger charge is 2.22. The summed E-state index contributed by atoms with van der Waals surface area (Å²) in [5.74, 6) is 0. The van der Waals surface area contributed by atoms with Crippen molar-refractivity contribution in [2.24, 2.45) is 0 Å². The summed E-state index contributed by atoms with van der Waals surface area (Å²) in [5.41, 5.74) is 1.14. The molecule has 2 heterocycles. The molecule has 1 saturated heterocycles.